The minimum absolute atomic E-state index is 0.327. The monoisotopic (exact) mass is 284 g/mol. The molecular formula is C16H9ClO3. The van der Waals surface area contributed by atoms with Crippen molar-refractivity contribution in [3.63, 3.8) is 0 Å². The van der Waals surface area contributed by atoms with Crippen LogP contribution < -0.4 is 0 Å². The predicted molar refractivity (Wildman–Crippen MR) is 76.2 cm³/mol. The number of cyclic esters (lactones) is 2. The second-order valence-corrected chi connectivity index (χ2v) is 4.71. The lowest BCUT2D eigenvalue weighted by molar-refractivity contribution is -0.131. The van der Waals surface area contributed by atoms with Gasteiger partial charge in [0, 0.05) is 10.6 Å². The van der Waals surface area contributed by atoms with Crippen LogP contribution in [0, 0.1) is 0 Å². The van der Waals surface area contributed by atoms with Crippen molar-refractivity contribution in [3.05, 3.63) is 70.2 Å². The molecule has 2 aromatic rings. The van der Waals surface area contributed by atoms with Crippen molar-refractivity contribution < 1.29 is 14.3 Å². The van der Waals surface area contributed by atoms with Crippen LogP contribution in [0.5, 0.6) is 0 Å². The number of benzene rings is 2. The van der Waals surface area contributed by atoms with Gasteiger partial charge in [-0.25, -0.2) is 9.59 Å². The first-order valence-electron chi connectivity index (χ1n) is 5.99. The zero-order valence-corrected chi connectivity index (χ0v) is 11.1. The minimum atomic E-state index is -0.659. The van der Waals surface area contributed by atoms with E-state index >= 15 is 0 Å². The number of hydrogen-bond donors (Lipinski definition) is 0. The van der Waals surface area contributed by atoms with Crippen LogP contribution in [0.4, 0.5) is 0 Å². The fourth-order valence-corrected chi connectivity index (χ4v) is 2.27. The molecule has 0 aromatic heterocycles. The summed E-state index contributed by atoms with van der Waals surface area (Å²) in [6.45, 7) is 0. The number of carbonyl (C=O) groups excluding carboxylic acids is 2. The van der Waals surface area contributed by atoms with E-state index in [0.717, 1.165) is 0 Å². The molecule has 0 N–H and O–H groups in total. The third-order valence-corrected chi connectivity index (χ3v) is 3.39. The van der Waals surface area contributed by atoms with Gasteiger partial charge in [-0.05, 0) is 23.8 Å². The molecule has 0 saturated heterocycles. The van der Waals surface area contributed by atoms with Gasteiger partial charge in [-0.3, -0.25) is 0 Å². The largest absolute Gasteiger partial charge is 0.386 e. The number of halogens is 1. The van der Waals surface area contributed by atoms with E-state index in [9.17, 15) is 9.59 Å². The highest BCUT2D eigenvalue weighted by Crippen LogP contribution is 2.30. The lowest BCUT2D eigenvalue weighted by Gasteiger charge is -2.16. The number of esters is 2. The highest BCUT2D eigenvalue weighted by Gasteiger charge is 2.29. The predicted octanol–water partition coefficient (Wildman–Crippen LogP) is 3.58. The number of hydrogen-bond acceptors (Lipinski definition) is 3. The van der Waals surface area contributed by atoms with E-state index in [0.29, 0.717) is 27.3 Å². The number of ether oxygens (including phenoxy) is 1. The highest BCUT2D eigenvalue weighted by atomic mass is 35.5. The van der Waals surface area contributed by atoms with Crippen molar-refractivity contribution in [1.29, 1.82) is 0 Å². The molecule has 0 bridgehead atoms. The molecule has 1 aliphatic heterocycles. The molecule has 0 atom stereocenters. The Kier molecular flexibility index (Phi) is 3.12. The smallest absolute Gasteiger partial charge is 0.346 e. The molecule has 3 rings (SSSR count). The van der Waals surface area contributed by atoms with Crippen LogP contribution in [0.1, 0.15) is 21.5 Å². The molecule has 4 heteroatoms. The van der Waals surface area contributed by atoms with Crippen LogP contribution in [0.15, 0.2) is 48.5 Å². The van der Waals surface area contributed by atoms with Crippen molar-refractivity contribution in [3.8, 4) is 0 Å². The Bertz CT molecular complexity index is 747. The molecule has 0 aliphatic carbocycles. The van der Waals surface area contributed by atoms with Gasteiger partial charge in [0.15, 0.2) is 0 Å². The fraction of sp³-hybridized carbons (Fsp3) is 0. The standard InChI is InChI=1S/C16H9ClO3/c17-14-8-4-1-5-10(14)9-13-11-6-2-3-7-12(11)15(18)20-16(13)19/h1-9H/b13-9-. The van der Waals surface area contributed by atoms with E-state index in [4.69, 9.17) is 16.3 Å². The summed E-state index contributed by atoms with van der Waals surface area (Å²) in [5, 5.41) is 0.530. The summed E-state index contributed by atoms with van der Waals surface area (Å²) in [6.07, 6.45) is 1.63. The first-order valence-corrected chi connectivity index (χ1v) is 6.37. The summed E-state index contributed by atoms with van der Waals surface area (Å²) in [5.74, 6) is -1.28. The molecule has 20 heavy (non-hydrogen) atoms. The molecule has 1 heterocycles. The molecule has 0 unspecified atom stereocenters. The number of fused-ring (bicyclic) bond motifs is 1. The van der Waals surface area contributed by atoms with Crippen LogP contribution in [0.2, 0.25) is 5.02 Å². The summed E-state index contributed by atoms with van der Waals surface area (Å²) >= 11 is 6.08. The first kappa shape index (κ1) is 12.6. The van der Waals surface area contributed by atoms with Gasteiger partial charge in [0.1, 0.15) is 0 Å². The van der Waals surface area contributed by atoms with Gasteiger partial charge in [0.2, 0.25) is 0 Å². The highest BCUT2D eigenvalue weighted by molar-refractivity contribution is 6.34. The Morgan fingerprint density at radius 2 is 1.50 bits per heavy atom. The van der Waals surface area contributed by atoms with Crippen LogP contribution in [-0.4, -0.2) is 11.9 Å². The zero-order valence-electron chi connectivity index (χ0n) is 10.3. The van der Waals surface area contributed by atoms with E-state index in [1.165, 1.54) is 0 Å². The van der Waals surface area contributed by atoms with Gasteiger partial charge in [-0.15, -0.1) is 0 Å². The molecule has 0 spiro atoms. The molecule has 3 nitrogen and oxygen atoms in total. The Morgan fingerprint density at radius 1 is 0.850 bits per heavy atom. The molecule has 0 amide bonds. The SMILES string of the molecule is O=C1OC(=O)c2ccccc2/C1=C/c1ccccc1Cl. The molecule has 0 radical (unpaired) electrons. The van der Waals surface area contributed by atoms with Gasteiger partial charge in [0.05, 0.1) is 11.1 Å². The second kappa shape index (κ2) is 4.94. The molecule has 1 aliphatic rings. The molecular weight excluding hydrogens is 276 g/mol. The lowest BCUT2D eigenvalue weighted by Crippen LogP contribution is -2.21. The van der Waals surface area contributed by atoms with Gasteiger partial charge < -0.3 is 4.74 Å². The van der Waals surface area contributed by atoms with E-state index in [2.05, 4.69) is 0 Å². The third kappa shape index (κ3) is 2.12. The van der Waals surface area contributed by atoms with Gasteiger partial charge in [-0.1, -0.05) is 48.0 Å². The average Bonchev–Trinajstić information content (AvgIpc) is 2.45. The van der Waals surface area contributed by atoms with Crippen molar-refractivity contribution in [1.82, 2.24) is 0 Å². The van der Waals surface area contributed by atoms with E-state index in [1.807, 2.05) is 6.07 Å². The lowest BCUT2D eigenvalue weighted by atomic mass is 9.96. The maximum Gasteiger partial charge on any atom is 0.346 e. The van der Waals surface area contributed by atoms with Crippen molar-refractivity contribution in [2.75, 3.05) is 0 Å². The minimum Gasteiger partial charge on any atom is -0.386 e. The number of carbonyl (C=O) groups is 2. The summed E-state index contributed by atoms with van der Waals surface area (Å²) < 4.78 is 4.75. The first-order chi connectivity index (χ1) is 9.66. The molecule has 98 valence electrons. The van der Waals surface area contributed by atoms with Crippen molar-refractivity contribution >= 4 is 35.2 Å². The Balaban J connectivity index is 2.19. The van der Waals surface area contributed by atoms with Crippen LogP contribution >= 0.6 is 11.6 Å². The summed E-state index contributed by atoms with van der Waals surface area (Å²) in [5.41, 5.74) is 1.97. The summed E-state index contributed by atoms with van der Waals surface area (Å²) in [6, 6.07) is 14.0. The fourth-order valence-electron chi connectivity index (χ4n) is 2.08. The Labute approximate surface area is 120 Å². The van der Waals surface area contributed by atoms with Crippen molar-refractivity contribution in [2.45, 2.75) is 0 Å². The van der Waals surface area contributed by atoms with E-state index in [1.54, 1.807) is 48.5 Å². The van der Waals surface area contributed by atoms with Crippen LogP contribution in [0.3, 0.4) is 0 Å². The Hall–Kier alpha value is -2.39. The average molecular weight is 285 g/mol. The topological polar surface area (TPSA) is 43.4 Å². The van der Waals surface area contributed by atoms with Crippen molar-refractivity contribution in [2.24, 2.45) is 0 Å². The maximum atomic E-state index is 11.9. The normalized spacial score (nSPS) is 15.9. The summed E-state index contributed by atoms with van der Waals surface area (Å²) in [7, 11) is 0. The van der Waals surface area contributed by atoms with Gasteiger partial charge in [0.25, 0.3) is 0 Å². The van der Waals surface area contributed by atoms with Crippen LogP contribution in [0.25, 0.3) is 11.6 Å². The van der Waals surface area contributed by atoms with Gasteiger partial charge >= 0.3 is 11.9 Å². The molecule has 2 aromatic carbocycles. The quantitative estimate of drug-likeness (QED) is 0.457. The summed E-state index contributed by atoms with van der Waals surface area (Å²) in [4.78, 5) is 23.6. The van der Waals surface area contributed by atoms with E-state index < -0.39 is 11.9 Å². The van der Waals surface area contributed by atoms with E-state index in [-0.39, 0.29) is 0 Å². The second-order valence-electron chi connectivity index (χ2n) is 4.30. The zero-order chi connectivity index (χ0) is 14.1. The molecule has 0 saturated carbocycles. The Morgan fingerprint density at radius 3 is 2.25 bits per heavy atom. The number of rotatable bonds is 1. The van der Waals surface area contributed by atoms with Gasteiger partial charge in [-0.2, -0.15) is 0 Å². The molecule has 0 fully saturated rings. The van der Waals surface area contributed by atoms with Crippen LogP contribution in [-0.2, 0) is 9.53 Å². The maximum absolute atomic E-state index is 11.9. The third-order valence-electron chi connectivity index (χ3n) is 3.05.